The van der Waals surface area contributed by atoms with Crippen LogP contribution in [0.1, 0.15) is 9.67 Å². The molecule has 0 spiro atoms. The number of carbonyl (C=O) groups is 1. The molecular weight excluding hydrogens is 410 g/mol. The van der Waals surface area contributed by atoms with Gasteiger partial charge >= 0.3 is 5.97 Å². The van der Waals surface area contributed by atoms with Gasteiger partial charge in [-0.05, 0) is 63.2 Å². The van der Waals surface area contributed by atoms with Gasteiger partial charge in [0.15, 0.2) is 5.82 Å². The van der Waals surface area contributed by atoms with Gasteiger partial charge in [0.25, 0.3) is 0 Å². The fourth-order valence-corrected chi connectivity index (χ4v) is 5.79. The van der Waals surface area contributed by atoms with Crippen LogP contribution in [0, 0.1) is 10.9 Å². The Hall–Kier alpha value is -2.96. The number of carbonyl (C=O) groups excluding carboxylic acids is 1. The maximum atomic E-state index is 13.1. The summed E-state index contributed by atoms with van der Waals surface area (Å²) >= 11 is 0.431. The quantitative estimate of drug-likeness (QED) is 0.218. The van der Waals surface area contributed by atoms with Gasteiger partial charge < -0.3 is 4.74 Å². The van der Waals surface area contributed by atoms with E-state index < -0.39 is 27.8 Å². The van der Waals surface area contributed by atoms with E-state index in [9.17, 15) is 13.6 Å². The third-order valence-electron chi connectivity index (χ3n) is 4.18. The molecule has 3 aromatic carbocycles. The van der Waals surface area contributed by atoms with E-state index in [2.05, 4.69) is 24.3 Å². The normalized spacial score (nSPS) is 11.2. The second-order valence-corrected chi connectivity index (χ2v) is 9.34. The first-order chi connectivity index (χ1) is 14.1. The third-order valence-corrected chi connectivity index (χ3v) is 7.50. The summed E-state index contributed by atoms with van der Waals surface area (Å²) < 4.78 is 31.5. The zero-order valence-corrected chi connectivity index (χ0v) is 16.8. The lowest BCUT2D eigenvalue weighted by Gasteiger charge is -2.23. The zero-order valence-electron chi connectivity index (χ0n) is 15.1. The minimum absolute atomic E-state index is 0.111. The predicted molar refractivity (Wildman–Crippen MR) is 112 cm³/mol. The summed E-state index contributed by atoms with van der Waals surface area (Å²) in [7, 11) is -0.761. The van der Waals surface area contributed by atoms with Crippen LogP contribution in [0.25, 0.3) is 0 Å². The van der Waals surface area contributed by atoms with Crippen LogP contribution in [0.4, 0.5) is 8.78 Å². The van der Waals surface area contributed by atoms with Crippen LogP contribution in [-0.4, -0.2) is 5.97 Å². The third kappa shape index (κ3) is 4.39. The average Bonchev–Trinajstić information content (AvgIpc) is 3.10. The summed E-state index contributed by atoms with van der Waals surface area (Å²) in [5.74, 6) is -1.50. The van der Waals surface area contributed by atoms with Crippen molar-refractivity contribution in [3.8, 4) is 5.75 Å². The summed E-state index contributed by atoms with van der Waals surface area (Å²) in [6.07, 6.45) is 0. The van der Waals surface area contributed by atoms with Gasteiger partial charge in [-0.2, -0.15) is 15.3 Å². The van der Waals surface area contributed by atoms with Gasteiger partial charge in [0, 0.05) is 6.07 Å². The first-order valence-electron chi connectivity index (χ1n) is 8.79. The minimum Gasteiger partial charge on any atom is -0.422 e. The highest BCUT2D eigenvalue weighted by molar-refractivity contribution is 8.17. The lowest BCUT2D eigenvalue weighted by atomic mass is 10.3. The highest BCUT2D eigenvalue weighted by atomic mass is 32.2. The van der Waals surface area contributed by atoms with E-state index >= 15 is 0 Å². The molecule has 0 N–H and O–H groups in total. The van der Waals surface area contributed by atoms with Crippen molar-refractivity contribution in [2.45, 2.75) is 14.7 Å². The largest absolute Gasteiger partial charge is 0.422 e. The van der Waals surface area contributed by atoms with E-state index in [0.29, 0.717) is 17.1 Å². The molecule has 0 fully saturated rings. The number of thiophene rings is 1. The Kier molecular flexibility index (Phi) is 5.74. The van der Waals surface area contributed by atoms with E-state index in [4.69, 9.17) is 4.74 Å². The van der Waals surface area contributed by atoms with Crippen LogP contribution in [0.3, 0.4) is 0 Å². The molecule has 0 saturated heterocycles. The second-order valence-electron chi connectivity index (χ2n) is 6.12. The topological polar surface area (TPSA) is 26.3 Å². The second kappa shape index (κ2) is 8.59. The van der Waals surface area contributed by atoms with Crippen molar-refractivity contribution in [2.24, 2.45) is 0 Å². The Morgan fingerprint density at radius 2 is 1.28 bits per heavy atom. The number of thiol groups is 1. The van der Waals surface area contributed by atoms with E-state index in [1.165, 1.54) is 9.79 Å². The van der Waals surface area contributed by atoms with Gasteiger partial charge in [-0.3, -0.25) is 0 Å². The van der Waals surface area contributed by atoms with Crippen LogP contribution < -0.4 is 4.74 Å². The van der Waals surface area contributed by atoms with Crippen molar-refractivity contribution in [3.05, 3.63) is 107 Å². The number of ether oxygens (including phenoxy) is 1. The molecule has 0 aliphatic heterocycles. The molecule has 1 aromatic heterocycles. The van der Waals surface area contributed by atoms with Crippen molar-refractivity contribution in [1.82, 2.24) is 0 Å². The maximum absolute atomic E-state index is 13.1. The molecule has 6 heteroatoms. The van der Waals surface area contributed by atoms with Gasteiger partial charge in [0.2, 0.25) is 5.13 Å². The highest BCUT2D eigenvalue weighted by Gasteiger charge is 2.17. The Morgan fingerprint density at radius 3 is 1.76 bits per heavy atom. The Labute approximate surface area is 173 Å². The first-order valence-corrected chi connectivity index (χ1v) is 10.9. The lowest BCUT2D eigenvalue weighted by molar-refractivity contribution is 0.0739. The molecular formula is C23H16F2O2S2. The standard InChI is InChI=1S/C23H16F2O2S2/c24-20-15-21(28-22(20)25)23(26)27-16-11-13-19(14-12-16)29(17-7-3-1-4-8-17)18-9-5-2-6-10-18/h1-15,29H. The average molecular weight is 427 g/mol. The van der Waals surface area contributed by atoms with Gasteiger partial charge in [-0.1, -0.05) is 47.7 Å². The van der Waals surface area contributed by atoms with Gasteiger partial charge in [-0.25, -0.2) is 9.18 Å². The van der Waals surface area contributed by atoms with Gasteiger partial charge in [-0.15, -0.1) is 0 Å². The van der Waals surface area contributed by atoms with Crippen molar-refractivity contribution < 1.29 is 18.3 Å². The fraction of sp³-hybridized carbons (Fsp3) is 0. The van der Waals surface area contributed by atoms with Crippen LogP contribution in [0.5, 0.6) is 5.75 Å². The monoisotopic (exact) mass is 426 g/mol. The molecule has 4 rings (SSSR count). The molecule has 29 heavy (non-hydrogen) atoms. The van der Waals surface area contributed by atoms with Crippen LogP contribution in [0.15, 0.2) is 106 Å². The lowest BCUT2D eigenvalue weighted by Crippen LogP contribution is -2.06. The Bertz CT molecular complexity index is 1050. The van der Waals surface area contributed by atoms with Crippen molar-refractivity contribution >= 4 is 28.2 Å². The molecule has 0 bridgehead atoms. The van der Waals surface area contributed by atoms with Crippen LogP contribution >= 0.6 is 22.2 Å². The number of benzene rings is 3. The Balaban J connectivity index is 1.60. The molecule has 0 aliphatic rings. The molecule has 0 atom stereocenters. The summed E-state index contributed by atoms with van der Waals surface area (Å²) in [6.45, 7) is 0. The van der Waals surface area contributed by atoms with Crippen LogP contribution in [0.2, 0.25) is 0 Å². The SMILES string of the molecule is O=C(Oc1ccc([SH](c2ccccc2)c2ccccc2)cc1)c1cc(F)c(F)s1. The summed E-state index contributed by atoms with van der Waals surface area (Å²) in [6, 6.07) is 28.6. The van der Waals surface area contributed by atoms with E-state index in [1.54, 1.807) is 12.1 Å². The van der Waals surface area contributed by atoms with E-state index in [0.717, 1.165) is 11.0 Å². The number of halogens is 2. The van der Waals surface area contributed by atoms with Gasteiger partial charge in [0.1, 0.15) is 10.6 Å². The number of esters is 1. The molecule has 0 aliphatic carbocycles. The number of hydrogen-bond donors (Lipinski definition) is 1. The van der Waals surface area contributed by atoms with Crippen LogP contribution in [-0.2, 0) is 0 Å². The molecule has 1 heterocycles. The molecule has 0 amide bonds. The zero-order chi connectivity index (χ0) is 20.2. The van der Waals surface area contributed by atoms with Crippen molar-refractivity contribution in [1.29, 1.82) is 0 Å². The molecule has 2 nitrogen and oxygen atoms in total. The van der Waals surface area contributed by atoms with Gasteiger partial charge in [0.05, 0.1) is 0 Å². The minimum atomic E-state index is -1.05. The first kappa shape index (κ1) is 19.4. The molecule has 0 radical (unpaired) electrons. The fourth-order valence-electron chi connectivity index (χ4n) is 2.87. The summed E-state index contributed by atoms with van der Waals surface area (Å²) in [5, 5.41) is -1.02. The molecule has 4 aromatic rings. The summed E-state index contributed by atoms with van der Waals surface area (Å²) in [4.78, 5) is 15.5. The number of rotatable bonds is 5. The smallest absolute Gasteiger partial charge is 0.353 e. The molecule has 0 saturated carbocycles. The van der Waals surface area contributed by atoms with E-state index in [-0.39, 0.29) is 4.88 Å². The molecule has 0 unspecified atom stereocenters. The number of hydrogen-bond acceptors (Lipinski definition) is 3. The van der Waals surface area contributed by atoms with Crippen molar-refractivity contribution in [3.63, 3.8) is 0 Å². The predicted octanol–water partition coefficient (Wildman–Crippen LogP) is 6.72. The van der Waals surface area contributed by atoms with Crippen molar-refractivity contribution in [2.75, 3.05) is 0 Å². The Morgan fingerprint density at radius 1 is 0.759 bits per heavy atom. The summed E-state index contributed by atoms with van der Waals surface area (Å²) in [5.41, 5.74) is 0. The van der Waals surface area contributed by atoms with E-state index in [1.807, 2.05) is 48.5 Å². The molecule has 146 valence electrons. The maximum Gasteiger partial charge on any atom is 0.353 e. The highest BCUT2D eigenvalue weighted by Crippen LogP contribution is 2.51.